The molecule has 0 fully saturated rings. The van der Waals surface area contributed by atoms with Crippen molar-refractivity contribution >= 4 is 71.0 Å². The third kappa shape index (κ3) is 9.81. The predicted molar refractivity (Wildman–Crippen MR) is 108 cm³/mol. The van der Waals surface area contributed by atoms with Crippen molar-refractivity contribution in [2.75, 3.05) is 11.5 Å². The average Bonchev–Trinajstić information content (AvgIpc) is 2.42. The molecule has 0 amide bonds. The van der Waals surface area contributed by atoms with Gasteiger partial charge in [0.1, 0.15) is 0 Å². The molecule has 0 unspecified atom stereocenters. The molecule has 0 spiro atoms. The zero-order valence-corrected chi connectivity index (χ0v) is 15.9. The third-order valence-corrected chi connectivity index (χ3v) is 3.35. The fraction of sp³-hybridized carbons (Fsp3) is 0.231. The standard InChI is InChI=1S/C6H6BrClN2.C6H7ClN2.CH4.BHNS/c1-3-2-4(7)5(9)6(8)10-3;1-4-2-3-5(8)6(7)9-4;;1-2-3/h2H,9H2,1H3;2-3H,8H2,1H3;1H4;3H. The van der Waals surface area contributed by atoms with Crippen LogP contribution in [0.3, 0.4) is 0 Å². The minimum absolute atomic E-state index is 0. The zero-order chi connectivity index (χ0) is 17.3. The van der Waals surface area contributed by atoms with Crippen LogP contribution in [0.1, 0.15) is 18.8 Å². The molecular formula is C13H18BBrCl2N5S. The molecule has 0 saturated heterocycles. The summed E-state index contributed by atoms with van der Waals surface area (Å²) >= 11 is 17.7. The van der Waals surface area contributed by atoms with E-state index < -0.39 is 0 Å². The van der Waals surface area contributed by atoms with Crippen LogP contribution in [0.15, 0.2) is 27.0 Å². The number of halogens is 3. The molecule has 4 N–H and O–H groups in total. The Morgan fingerprint density at radius 1 is 1.13 bits per heavy atom. The number of nitrogens with two attached hydrogens (primary N) is 2. The van der Waals surface area contributed by atoms with Crippen LogP contribution < -0.4 is 11.5 Å². The van der Waals surface area contributed by atoms with Gasteiger partial charge in [-0.25, -0.2) is 9.97 Å². The summed E-state index contributed by atoms with van der Waals surface area (Å²) in [7, 11) is 4.34. The van der Waals surface area contributed by atoms with Crippen molar-refractivity contribution in [2.45, 2.75) is 21.3 Å². The molecule has 0 saturated carbocycles. The van der Waals surface area contributed by atoms with Gasteiger partial charge in [-0.2, -0.15) is 0 Å². The second kappa shape index (κ2) is 12.6. The third-order valence-electron chi connectivity index (χ3n) is 2.11. The van der Waals surface area contributed by atoms with E-state index in [0.717, 1.165) is 15.9 Å². The van der Waals surface area contributed by atoms with Gasteiger partial charge in [0, 0.05) is 15.9 Å². The van der Waals surface area contributed by atoms with Crippen molar-refractivity contribution in [3.63, 3.8) is 0 Å². The molecule has 0 aliphatic carbocycles. The van der Waals surface area contributed by atoms with E-state index in [0.29, 0.717) is 21.7 Å². The first-order valence-electron chi connectivity index (χ1n) is 5.73. The molecule has 0 bridgehead atoms. The monoisotopic (exact) mass is 436 g/mol. The second-order valence-corrected chi connectivity index (χ2v) is 5.70. The molecule has 10 heteroatoms. The molecule has 0 atom stereocenters. The number of nitrogen functional groups attached to an aromatic ring is 2. The molecule has 0 aliphatic heterocycles. The van der Waals surface area contributed by atoms with Crippen LogP contribution in [0.25, 0.3) is 0 Å². The van der Waals surface area contributed by atoms with E-state index in [1.165, 1.54) is 0 Å². The Morgan fingerprint density at radius 2 is 1.61 bits per heavy atom. The number of nitrogens with zero attached hydrogens (tertiary/aromatic N) is 3. The molecule has 2 aromatic heterocycles. The number of hydrogen-bond donors (Lipinski definition) is 3. The number of hydrogen-bond acceptors (Lipinski definition) is 6. The maximum absolute atomic E-state index is 5.65. The molecule has 2 aromatic rings. The maximum atomic E-state index is 5.65. The van der Waals surface area contributed by atoms with Crippen molar-refractivity contribution in [1.29, 1.82) is 0 Å². The average molecular weight is 438 g/mol. The van der Waals surface area contributed by atoms with Gasteiger partial charge in [-0.05, 0) is 48.0 Å². The van der Waals surface area contributed by atoms with Crippen molar-refractivity contribution in [3.8, 4) is 0 Å². The van der Waals surface area contributed by atoms with Gasteiger partial charge in [0.25, 0.3) is 0 Å². The Morgan fingerprint density at radius 3 is 2.00 bits per heavy atom. The van der Waals surface area contributed by atoms with Crippen LogP contribution in [0, 0.1) is 13.8 Å². The molecule has 2 rings (SSSR count). The molecule has 1 radical (unpaired) electrons. The molecule has 5 nitrogen and oxygen atoms in total. The van der Waals surface area contributed by atoms with E-state index in [1.54, 1.807) is 6.07 Å². The summed E-state index contributed by atoms with van der Waals surface area (Å²) in [5, 5.41) is 0.738. The Kier molecular flexibility index (Phi) is 13.4. The van der Waals surface area contributed by atoms with Crippen molar-refractivity contribution in [3.05, 3.63) is 44.4 Å². The molecule has 23 heavy (non-hydrogen) atoms. The van der Waals surface area contributed by atoms with E-state index in [2.05, 4.69) is 50.7 Å². The fourth-order valence-corrected chi connectivity index (χ4v) is 2.21. The van der Waals surface area contributed by atoms with Gasteiger partial charge >= 0.3 is 24.8 Å². The Hall–Kier alpha value is -0.825. The van der Waals surface area contributed by atoms with E-state index in [9.17, 15) is 0 Å². The van der Waals surface area contributed by atoms with Gasteiger partial charge in [-0.1, -0.05) is 30.6 Å². The van der Waals surface area contributed by atoms with Crippen LogP contribution >= 0.6 is 51.9 Å². The van der Waals surface area contributed by atoms with E-state index >= 15 is 0 Å². The van der Waals surface area contributed by atoms with E-state index in [-0.39, 0.29) is 7.43 Å². The molecule has 125 valence electrons. The first kappa shape index (κ1) is 24.4. The number of rotatable bonds is 0. The quantitative estimate of drug-likeness (QED) is 0.312. The fourth-order valence-electron chi connectivity index (χ4n) is 1.14. The van der Waals surface area contributed by atoms with Crippen LogP contribution in [0.4, 0.5) is 11.4 Å². The molecule has 0 aromatic carbocycles. The van der Waals surface area contributed by atoms with Crippen LogP contribution in [-0.4, -0.2) is 17.6 Å². The summed E-state index contributed by atoms with van der Waals surface area (Å²) in [6, 6.07) is 5.38. The van der Waals surface area contributed by atoms with Crippen molar-refractivity contribution in [1.82, 2.24) is 9.97 Å². The first-order valence-corrected chi connectivity index (χ1v) is 7.68. The summed E-state index contributed by atoms with van der Waals surface area (Å²) in [6.45, 7) is 3.72. The summed E-state index contributed by atoms with van der Waals surface area (Å²) in [5.74, 6) is 0. The normalized spacial score (nSPS) is 8.57. The van der Waals surface area contributed by atoms with Gasteiger partial charge in [0.15, 0.2) is 10.3 Å². The van der Waals surface area contributed by atoms with Gasteiger partial charge in [-0.15, -0.1) is 0 Å². The number of thiol groups is 1. The predicted octanol–water partition coefficient (Wildman–Crippen LogP) is 4.83. The summed E-state index contributed by atoms with van der Waals surface area (Å²) in [5.41, 5.74) is 13.7. The van der Waals surface area contributed by atoms with Crippen molar-refractivity contribution < 1.29 is 0 Å². The van der Waals surface area contributed by atoms with Crippen LogP contribution in [0.2, 0.25) is 10.3 Å². The van der Waals surface area contributed by atoms with Gasteiger partial charge < -0.3 is 11.5 Å². The molecule has 0 aliphatic rings. The number of aryl methyl sites for hydroxylation is 2. The summed E-state index contributed by atoms with van der Waals surface area (Å²) < 4.78 is 3.49. The number of aromatic nitrogens is 2. The summed E-state index contributed by atoms with van der Waals surface area (Å²) in [6.07, 6.45) is 0. The molecular weight excluding hydrogens is 420 g/mol. The van der Waals surface area contributed by atoms with E-state index in [1.807, 2.05) is 26.0 Å². The van der Waals surface area contributed by atoms with E-state index in [4.69, 9.17) is 34.7 Å². The topological polar surface area (TPSA) is 90.2 Å². The first-order chi connectivity index (χ1) is 10.2. The SMILES string of the molecule is C.Cc1cc(Br)c(N)c(Cl)n1.Cc1ccc(N)c(Cl)n1.[B]=NS. The molecule has 2 heterocycles. The van der Waals surface area contributed by atoms with Crippen LogP contribution in [-0.2, 0) is 0 Å². The Labute approximate surface area is 162 Å². The van der Waals surface area contributed by atoms with Gasteiger partial charge in [-0.3, -0.25) is 0 Å². The second-order valence-electron chi connectivity index (χ2n) is 3.90. The van der Waals surface area contributed by atoms with Crippen molar-refractivity contribution in [2.24, 2.45) is 4.30 Å². The zero-order valence-electron chi connectivity index (χ0n) is 11.9. The van der Waals surface area contributed by atoms with Crippen LogP contribution in [0.5, 0.6) is 0 Å². The summed E-state index contributed by atoms with van der Waals surface area (Å²) in [4.78, 5) is 7.86. The van der Waals surface area contributed by atoms with Gasteiger partial charge in [0.05, 0.1) is 11.4 Å². The number of pyridine rings is 2. The van der Waals surface area contributed by atoms with Gasteiger partial charge in [0.2, 0.25) is 0 Å². The number of anilines is 2. The minimum atomic E-state index is 0. The Bertz CT molecular complexity index is 623. The Balaban J connectivity index is 0.